The van der Waals surface area contributed by atoms with Gasteiger partial charge in [0.2, 0.25) is 0 Å². The van der Waals surface area contributed by atoms with Gasteiger partial charge in [-0.25, -0.2) is 8.42 Å². The number of nitro benzene ring substituents is 1. The van der Waals surface area contributed by atoms with Gasteiger partial charge in [-0.05, 0) is 36.4 Å². The van der Waals surface area contributed by atoms with E-state index in [0.29, 0.717) is 9.79 Å². The van der Waals surface area contributed by atoms with Crippen LogP contribution in [0, 0.1) is 10.1 Å². The van der Waals surface area contributed by atoms with E-state index >= 15 is 0 Å². The lowest BCUT2D eigenvalue weighted by Crippen LogP contribution is -1.97. The number of rotatable bonds is 4. The first-order valence-electron chi connectivity index (χ1n) is 5.80. The minimum atomic E-state index is -3.26. The number of para-hydroxylation sites is 1. The Kier molecular flexibility index (Phi) is 4.19. The van der Waals surface area contributed by atoms with Crippen molar-refractivity contribution >= 4 is 33.0 Å². The second-order valence-corrected chi connectivity index (χ2v) is 7.43. The van der Waals surface area contributed by atoms with Crippen LogP contribution in [-0.4, -0.2) is 19.6 Å². The molecule has 0 amide bonds. The van der Waals surface area contributed by atoms with Crippen LogP contribution in [0.2, 0.25) is 0 Å². The lowest BCUT2D eigenvalue weighted by molar-refractivity contribution is -0.386. The minimum absolute atomic E-state index is 0.0951. The van der Waals surface area contributed by atoms with Gasteiger partial charge in [0, 0.05) is 11.2 Å². The number of sulfone groups is 1. The van der Waals surface area contributed by atoms with Gasteiger partial charge in [0.1, 0.15) is 5.69 Å². The van der Waals surface area contributed by atoms with E-state index in [1.807, 2.05) is 0 Å². The van der Waals surface area contributed by atoms with Crippen molar-refractivity contribution in [1.29, 1.82) is 0 Å². The molecule has 2 aromatic rings. The summed E-state index contributed by atoms with van der Waals surface area (Å²) in [6.45, 7) is 0. The first-order valence-corrected chi connectivity index (χ1v) is 8.50. The quantitative estimate of drug-likeness (QED) is 0.527. The highest BCUT2D eigenvalue weighted by Crippen LogP contribution is 2.38. The molecular formula is C13H12N2O4S2. The Balaban J connectivity index is 2.35. The first-order chi connectivity index (χ1) is 9.79. The van der Waals surface area contributed by atoms with Crippen LogP contribution in [0.3, 0.4) is 0 Å². The summed E-state index contributed by atoms with van der Waals surface area (Å²) in [4.78, 5) is 11.8. The largest absolute Gasteiger partial charge is 0.393 e. The number of hydrogen-bond donors (Lipinski definition) is 1. The molecule has 0 unspecified atom stereocenters. The smallest absolute Gasteiger partial charge is 0.305 e. The van der Waals surface area contributed by atoms with Crippen molar-refractivity contribution < 1.29 is 13.3 Å². The lowest BCUT2D eigenvalue weighted by atomic mass is 10.3. The van der Waals surface area contributed by atoms with E-state index < -0.39 is 14.8 Å². The number of benzene rings is 2. The maximum Gasteiger partial charge on any atom is 0.305 e. The Morgan fingerprint density at radius 3 is 2.29 bits per heavy atom. The van der Waals surface area contributed by atoms with Crippen molar-refractivity contribution in [1.82, 2.24) is 0 Å². The van der Waals surface area contributed by atoms with Crippen LogP contribution in [0.1, 0.15) is 0 Å². The summed E-state index contributed by atoms with van der Waals surface area (Å²) in [5.41, 5.74) is 5.57. The van der Waals surface area contributed by atoms with E-state index in [0.717, 1.165) is 18.0 Å². The number of nitrogens with two attached hydrogens (primary N) is 1. The van der Waals surface area contributed by atoms with E-state index in [4.69, 9.17) is 5.73 Å². The fourth-order valence-corrected chi connectivity index (χ4v) is 3.29. The highest BCUT2D eigenvalue weighted by molar-refractivity contribution is 7.99. The van der Waals surface area contributed by atoms with Gasteiger partial charge in [-0.1, -0.05) is 17.8 Å². The molecule has 0 aromatic heterocycles. The molecule has 0 fully saturated rings. The molecule has 0 radical (unpaired) electrons. The summed E-state index contributed by atoms with van der Waals surface area (Å²) in [7, 11) is -3.26. The molecule has 0 aliphatic heterocycles. The molecule has 2 aromatic carbocycles. The summed E-state index contributed by atoms with van der Waals surface area (Å²) in [6, 6.07) is 10.8. The monoisotopic (exact) mass is 324 g/mol. The normalized spacial score (nSPS) is 11.3. The molecule has 2 rings (SSSR count). The zero-order valence-corrected chi connectivity index (χ0v) is 12.6. The molecule has 0 spiro atoms. The van der Waals surface area contributed by atoms with E-state index in [9.17, 15) is 18.5 Å². The topological polar surface area (TPSA) is 103 Å². The van der Waals surface area contributed by atoms with Gasteiger partial charge < -0.3 is 5.73 Å². The highest BCUT2D eigenvalue weighted by atomic mass is 32.2. The number of nitro groups is 1. The molecule has 0 aliphatic rings. The van der Waals surface area contributed by atoms with Gasteiger partial charge in [-0.15, -0.1) is 0 Å². The average molecular weight is 324 g/mol. The second-order valence-electron chi connectivity index (χ2n) is 4.30. The van der Waals surface area contributed by atoms with Crippen molar-refractivity contribution in [3.05, 3.63) is 52.6 Å². The molecule has 0 saturated heterocycles. The third kappa shape index (κ3) is 3.53. The van der Waals surface area contributed by atoms with Crippen LogP contribution in [0.25, 0.3) is 0 Å². The maximum absolute atomic E-state index is 11.4. The molecule has 0 heterocycles. The Morgan fingerprint density at radius 1 is 1.14 bits per heavy atom. The van der Waals surface area contributed by atoms with E-state index in [-0.39, 0.29) is 16.3 Å². The molecular weight excluding hydrogens is 312 g/mol. The van der Waals surface area contributed by atoms with Gasteiger partial charge >= 0.3 is 5.69 Å². The molecule has 110 valence electrons. The molecule has 2 N–H and O–H groups in total. The van der Waals surface area contributed by atoms with Crippen LogP contribution in [-0.2, 0) is 9.84 Å². The SMILES string of the molecule is CS(=O)(=O)c1ccc(Sc2cccc(N)c2[N+](=O)[O-])cc1. The maximum atomic E-state index is 11.4. The van der Waals surface area contributed by atoms with E-state index in [1.54, 1.807) is 24.3 Å². The number of hydrogen-bond acceptors (Lipinski definition) is 6. The third-order valence-corrected chi connectivity index (χ3v) is 4.88. The molecule has 0 bridgehead atoms. The fraction of sp³-hybridized carbons (Fsp3) is 0.0769. The molecule has 8 heteroatoms. The molecule has 0 aliphatic carbocycles. The zero-order valence-electron chi connectivity index (χ0n) is 11.0. The van der Waals surface area contributed by atoms with Crippen molar-refractivity contribution in [2.24, 2.45) is 0 Å². The Morgan fingerprint density at radius 2 is 1.76 bits per heavy atom. The molecule has 6 nitrogen and oxygen atoms in total. The number of nitrogens with zero attached hydrogens (tertiary/aromatic N) is 1. The predicted molar refractivity (Wildman–Crippen MR) is 81.2 cm³/mol. The lowest BCUT2D eigenvalue weighted by Gasteiger charge is -2.05. The van der Waals surface area contributed by atoms with Crippen molar-refractivity contribution in [2.45, 2.75) is 14.7 Å². The average Bonchev–Trinajstić information content (AvgIpc) is 2.38. The highest BCUT2D eigenvalue weighted by Gasteiger charge is 2.18. The first kappa shape index (κ1) is 15.3. The van der Waals surface area contributed by atoms with Gasteiger partial charge in [0.05, 0.1) is 14.7 Å². The summed E-state index contributed by atoms with van der Waals surface area (Å²) < 4.78 is 22.8. The Bertz CT molecular complexity index is 786. The fourth-order valence-electron chi connectivity index (χ4n) is 1.70. The van der Waals surface area contributed by atoms with Crippen molar-refractivity contribution in [3.8, 4) is 0 Å². The standard InChI is InChI=1S/C13H12N2O4S2/c1-21(18,19)10-7-5-9(6-8-10)20-12-4-2-3-11(14)13(12)15(16)17/h2-8H,14H2,1H3. The van der Waals surface area contributed by atoms with Crippen molar-refractivity contribution in [3.63, 3.8) is 0 Å². The molecule has 0 saturated carbocycles. The summed E-state index contributed by atoms with van der Waals surface area (Å²) in [5.74, 6) is 0. The van der Waals surface area contributed by atoms with Crippen LogP contribution in [0.15, 0.2) is 57.2 Å². The number of anilines is 1. The summed E-state index contributed by atoms with van der Waals surface area (Å²) in [6.07, 6.45) is 1.12. The van der Waals surface area contributed by atoms with Crippen molar-refractivity contribution in [2.75, 3.05) is 12.0 Å². The molecule has 0 atom stereocenters. The van der Waals surface area contributed by atoms with Gasteiger partial charge in [0.25, 0.3) is 0 Å². The van der Waals surface area contributed by atoms with E-state index in [1.165, 1.54) is 18.2 Å². The molecule has 21 heavy (non-hydrogen) atoms. The van der Waals surface area contributed by atoms with Crippen LogP contribution >= 0.6 is 11.8 Å². The summed E-state index contributed by atoms with van der Waals surface area (Å²) in [5, 5.41) is 11.1. The minimum Gasteiger partial charge on any atom is -0.393 e. The van der Waals surface area contributed by atoms with E-state index in [2.05, 4.69) is 0 Å². The van der Waals surface area contributed by atoms with Gasteiger partial charge in [-0.2, -0.15) is 0 Å². The van der Waals surface area contributed by atoms with Crippen LogP contribution in [0.4, 0.5) is 11.4 Å². The summed E-state index contributed by atoms with van der Waals surface area (Å²) >= 11 is 1.16. The number of nitrogen functional groups attached to an aromatic ring is 1. The zero-order chi connectivity index (χ0) is 15.6. The van der Waals surface area contributed by atoms with Crippen LogP contribution in [0.5, 0.6) is 0 Å². The third-order valence-electron chi connectivity index (χ3n) is 2.69. The second kappa shape index (κ2) is 5.74. The predicted octanol–water partition coefficient (Wildman–Crippen LogP) is 2.73. The Labute approximate surface area is 126 Å². The van der Waals surface area contributed by atoms with Gasteiger partial charge in [-0.3, -0.25) is 10.1 Å². The Hall–Kier alpha value is -2.06. The van der Waals surface area contributed by atoms with Crippen LogP contribution < -0.4 is 5.73 Å². The van der Waals surface area contributed by atoms with Gasteiger partial charge in [0.15, 0.2) is 9.84 Å².